The number of aromatic hydroxyl groups is 2. The van der Waals surface area contributed by atoms with E-state index in [2.05, 4.69) is 0 Å². The predicted octanol–water partition coefficient (Wildman–Crippen LogP) is 4.08. The number of carbonyl (C=O) groups is 1. The summed E-state index contributed by atoms with van der Waals surface area (Å²) >= 11 is 0. The van der Waals surface area contributed by atoms with Gasteiger partial charge in [-0.3, -0.25) is 9.69 Å². The molecule has 3 aromatic rings. The van der Waals surface area contributed by atoms with E-state index in [1.165, 1.54) is 29.2 Å². The molecule has 0 fully saturated rings. The fraction of sp³-hybridized carbons (Fsp3) is 0. The van der Waals surface area contributed by atoms with Gasteiger partial charge in [-0.15, -0.1) is 0 Å². The first kappa shape index (κ1) is 14.7. The van der Waals surface area contributed by atoms with Crippen LogP contribution in [0.5, 0.6) is 11.5 Å². The first-order chi connectivity index (χ1) is 11.1. The second-order valence-electron chi connectivity index (χ2n) is 5.04. The van der Waals surface area contributed by atoms with Crippen molar-refractivity contribution < 1.29 is 15.0 Å². The summed E-state index contributed by atoms with van der Waals surface area (Å²) < 4.78 is 0. The van der Waals surface area contributed by atoms with Crippen LogP contribution in [0, 0.1) is 0 Å². The monoisotopic (exact) mass is 305 g/mol. The third-order valence-electron chi connectivity index (χ3n) is 3.44. The van der Waals surface area contributed by atoms with Crippen LogP contribution in [0.2, 0.25) is 0 Å². The van der Waals surface area contributed by atoms with Crippen LogP contribution in [0.4, 0.5) is 11.4 Å². The Bertz CT molecular complexity index is 751. The van der Waals surface area contributed by atoms with E-state index in [0.717, 1.165) is 0 Å². The standard InChI is InChI=1S/C19H15NO3/c21-17-10-6-15(7-11-17)20(16-8-12-18(22)13-9-16)19(23)14-4-2-1-3-5-14/h1-13,21-22H. The van der Waals surface area contributed by atoms with Gasteiger partial charge >= 0.3 is 0 Å². The van der Waals surface area contributed by atoms with Gasteiger partial charge in [0.05, 0.1) is 0 Å². The molecule has 2 N–H and O–H groups in total. The van der Waals surface area contributed by atoms with E-state index in [1.807, 2.05) is 6.07 Å². The Balaban J connectivity index is 2.08. The highest BCUT2D eigenvalue weighted by atomic mass is 16.3. The van der Waals surface area contributed by atoms with Crippen molar-refractivity contribution in [1.29, 1.82) is 0 Å². The Morgan fingerprint density at radius 2 is 1.09 bits per heavy atom. The van der Waals surface area contributed by atoms with Crippen molar-refractivity contribution in [1.82, 2.24) is 0 Å². The minimum Gasteiger partial charge on any atom is -0.508 e. The number of amides is 1. The van der Waals surface area contributed by atoms with Crippen LogP contribution in [-0.2, 0) is 0 Å². The van der Waals surface area contributed by atoms with Crippen molar-refractivity contribution in [2.45, 2.75) is 0 Å². The van der Waals surface area contributed by atoms with Crippen molar-refractivity contribution in [2.75, 3.05) is 4.90 Å². The van der Waals surface area contributed by atoms with E-state index in [9.17, 15) is 15.0 Å². The summed E-state index contributed by atoms with van der Waals surface area (Å²) in [7, 11) is 0. The number of nitrogens with zero attached hydrogens (tertiary/aromatic N) is 1. The van der Waals surface area contributed by atoms with E-state index in [4.69, 9.17) is 0 Å². The first-order valence-electron chi connectivity index (χ1n) is 7.13. The molecule has 3 rings (SSSR count). The summed E-state index contributed by atoms with van der Waals surface area (Å²) in [4.78, 5) is 14.5. The molecule has 0 saturated carbocycles. The maximum absolute atomic E-state index is 12.9. The fourth-order valence-corrected chi connectivity index (χ4v) is 2.30. The number of hydrogen-bond acceptors (Lipinski definition) is 3. The van der Waals surface area contributed by atoms with Gasteiger partial charge in [0.2, 0.25) is 0 Å². The van der Waals surface area contributed by atoms with Crippen LogP contribution in [0.25, 0.3) is 0 Å². The van der Waals surface area contributed by atoms with Crippen molar-refractivity contribution in [3.63, 3.8) is 0 Å². The molecular weight excluding hydrogens is 290 g/mol. The molecule has 1 amide bonds. The van der Waals surface area contributed by atoms with Gasteiger partial charge in [-0.25, -0.2) is 0 Å². The highest BCUT2D eigenvalue weighted by Gasteiger charge is 2.19. The molecule has 23 heavy (non-hydrogen) atoms. The molecule has 0 saturated heterocycles. The Labute approximate surface area is 133 Å². The third-order valence-corrected chi connectivity index (χ3v) is 3.44. The van der Waals surface area contributed by atoms with Crippen LogP contribution in [-0.4, -0.2) is 16.1 Å². The highest BCUT2D eigenvalue weighted by molar-refractivity contribution is 6.10. The van der Waals surface area contributed by atoms with Crippen molar-refractivity contribution >= 4 is 17.3 Å². The molecule has 114 valence electrons. The van der Waals surface area contributed by atoms with Crippen LogP contribution < -0.4 is 4.90 Å². The molecule has 0 aliphatic rings. The SMILES string of the molecule is O=C(c1ccccc1)N(c1ccc(O)cc1)c1ccc(O)cc1. The van der Waals surface area contributed by atoms with Crippen LogP contribution >= 0.6 is 0 Å². The van der Waals surface area contributed by atoms with Gasteiger partial charge in [0, 0.05) is 16.9 Å². The number of rotatable bonds is 3. The van der Waals surface area contributed by atoms with Gasteiger partial charge in [0.25, 0.3) is 5.91 Å². The Morgan fingerprint density at radius 3 is 1.52 bits per heavy atom. The summed E-state index contributed by atoms with van der Waals surface area (Å²) in [5.41, 5.74) is 1.80. The fourth-order valence-electron chi connectivity index (χ4n) is 2.30. The van der Waals surface area contributed by atoms with Gasteiger partial charge in [0.1, 0.15) is 11.5 Å². The minimum atomic E-state index is -0.193. The molecule has 4 heteroatoms. The second-order valence-corrected chi connectivity index (χ2v) is 5.04. The number of phenolic OH excluding ortho intramolecular Hbond substituents is 2. The summed E-state index contributed by atoms with van der Waals surface area (Å²) in [6.07, 6.45) is 0. The Morgan fingerprint density at radius 1 is 0.652 bits per heavy atom. The molecular formula is C19H15NO3. The summed E-state index contributed by atoms with van der Waals surface area (Å²) in [6.45, 7) is 0. The molecule has 0 aliphatic heterocycles. The number of hydrogen-bond donors (Lipinski definition) is 2. The molecule has 3 aromatic carbocycles. The molecule has 0 atom stereocenters. The average molecular weight is 305 g/mol. The van der Waals surface area contributed by atoms with Gasteiger partial charge in [-0.1, -0.05) is 18.2 Å². The normalized spacial score (nSPS) is 10.3. The molecule has 0 aliphatic carbocycles. The lowest BCUT2D eigenvalue weighted by molar-refractivity contribution is 0.0999. The van der Waals surface area contributed by atoms with E-state index >= 15 is 0 Å². The highest BCUT2D eigenvalue weighted by Crippen LogP contribution is 2.30. The largest absolute Gasteiger partial charge is 0.508 e. The molecule has 0 radical (unpaired) electrons. The topological polar surface area (TPSA) is 60.8 Å². The van der Waals surface area contributed by atoms with Gasteiger partial charge in [-0.2, -0.15) is 0 Å². The second kappa shape index (κ2) is 6.23. The van der Waals surface area contributed by atoms with E-state index in [-0.39, 0.29) is 17.4 Å². The summed E-state index contributed by atoms with van der Waals surface area (Å²) in [5.74, 6) is 0.0695. The van der Waals surface area contributed by atoms with E-state index in [1.54, 1.807) is 48.5 Å². The average Bonchev–Trinajstić information content (AvgIpc) is 2.59. The van der Waals surface area contributed by atoms with Crippen molar-refractivity contribution in [3.8, 4) is 11.5 Å². The predicted molar refractivity (Wildman–Crippen MR) is 89.1 cm³/mol. The lowest BCUT2D eigenvalue weighted by atomic mass is 10.1. The molecule has 0 bridgehead atoms. The number of phenols is 2. The Hall–Kier alpha value is -3.27. The molecule has 0 unspecified atom stereocenters. The van der Waals surface area contributed by atoms with E-state index < -0.39 is 0 Å². The molecule has 0 spiro atoms. The van der Waals surface area contributed by atoms with Crippen molar-refractivity contribution in [3.05, 3.63) is 84.4 Å². The van der Waals surface area contributed by atoms with Crippen molar-refractivity contribution in [2.24, 2.45) is 0 Å². The summed E-state index contributed by atoms with van der Waals surface area (Å²) in [5, 5.41) is 18.9. The van der Waals surface area contributed by atoms with Gasteiger partial charge < -0.3 is 10.2 Å². The van der Waals surface area contributed by atoms with E-state index in [0.29, 0.717) is 16.9 Å². The first-order valence-corrected chi connectivity index (χ1v) is 7.13. The van der Waals surface area contributed by atoms with Crippen LogP contribution in [0.1, 0.15) is 10.4 Å². The van der Waals surface area contributed by atoms with Gasteiger partial charge in [0.15, 0.2) is 0 Å². The molecule has 4 nitrogen and oxygen atoms in total. The maximum Gasteiger partial charge on any atom is 0.262 e. The lowest BCUT2D eigenvalue weighted by Gasteiger charge is -2.23. The number of carbonyl (C=O) groups excluding carboxylic acids is 1. The summed E-state index contributed by atoms with van der Waals surface area (Å²) in [6, 6.07) is 21.7. The third kappa shape index (κ3) is 3.16. The lowest BCUT2D eigenvalue weighted by Crippen LogP contribution is -2.25. The maximum atomic E-state index is 12.9. The molecule has 0 heterocycles. The Kier molecular flexibility index (Phi) is 3.97. The number of benzene rings is 3. The zero-order chi connectivity index (χ0) is 16.2. The zero-order valence-electron chi connectivity index (χ0n) is 12.3. The zero-order valence-corrected chi connectivity index (χ0v) is 12.3. The van der Waals surface area contributed by atoms with Gasteiger partial charge in [-0.05, 0) is 60.7 Å². The number of anilines is 2. The smallest absolute Gasteiger partial charge is 0.262 e. The van der Waals surface area contributed by atoms with Crippen LogP contribution in [0.3, 0.4) is 0 Å². The van der Waals surface area contributed by atoms with Crippen LogP contribution in [0.15, 0.2) is 78.9 Å². The minimum absolute atomic E-state index is 0.131. The quantitative estimate of drug-likeness (QED) is 0.766. The molecule has 0 aromatic heterocycles.